The topological polar surface area (TPSA) is 130 Å². The van der Waals surface area contributed by atoms with Crippen molar-refractivity contribution in [1.82, 2.24) is 24.5 Å². The van der Waals surface area contributed by atoms with Crippen molar-refractivity contribution in [3.8, 4) is 16.9 Å². The van der Waals surface area contributed by atoms with Crippen LogP contribution in [0.15, 0.2) is 67.0 Å². The molecule has 1 saturated heterocycles. The number of fused-ring (bicyclic) bond motifs is 1. The number of ether oxygens (including phenoxy) is 1. The van der Waals surface area contributed by atoms with Crippen molar-refractivity contribution in [3.63, 3.8) is 0 Å². The Balaban J connectivity index is 0.000000317. The Morgan fingerprint density at radius 3 is 2.23 bits per heavy atom. The number of piperidine rings is 1. The number of halogens is 6. The lowest BCUT2D eigenvalue weighted by molar-refractivity contribution is -0.193. The zero-order chi connectivity index (χ0) is 32.5. The molecule has 5 rings (SSSR count). The highest BCUT2D eigenvalue weighted by atomic mass is 19.4. The molecule has 0 amide bonds. The number of aliphatic carboxylic acids is 2. The van der Waals surface area contributed by atoms with E-state index in [0.717, 1.165) is 66.5 Å². The summed E-state index contributed by atoms with van der Waals surface area (Å²) in [5.74, 6) is -3.38. The average molecular weight is 628 g/mol. The maximum absolute atomic E-state index is 10.6. The van der Waals surface area contributed by atoms with Crippen LogP contribution >= 0.6 is 0 Å². The van der Waals surface area contributed by atoms with Gasteiger partial charge in [0.05, 0.1) is 12.8 Å². The first-order valence-corrected chi connectivity index (χ1v) is 12.9. The molecule has 1 aromatic carbocycles. The van der Waals surface area contributed by atoms with Gasteiger partial charge in [-0.2, -0.15) is 31.4 Å². The maximum atomic E-state index is 10.6. The second-order valence-electron chi connectivity index (χ2n) is 9.42. The molecule has 1 unspecified atom stereocenters. The number of likely N-dealkylation sites (tertiary alicyclic amines) is 1. The third kappa shape index (κ3) is 9.93. The van der Waals surface area contributed by atoms with Gasteiger partial charge in [0.1, 0.15) is 5.75 Å². The third-order valence-corrected chi connectivity index (χ3v) is 6.22. The Hall–Kier alpha value is -4.73. The van der Waals surface area contributed by atoms with E-state index in [0.29, 0.717) is 5.92 Å². The number of nitrogens with zero attached hydrogens (tertiary/aromatic N) is 5. The van der Waals surface area contributed by atoms with E-state index < -0.39 is 24.3 Å². The van der Waals surface area contributed by atoms with Crippen molar-refractivity contribution >= 4 is 17.6 Å². The summed E-state index contributed by atoms with van der Waals surface area (Å²) in [4.78, 5) is 29.6. The zero-order valence-electron chi connectivity index (χ0n) is 23.1. The maximum Gasteiger partial charge on any atom is 0.490 e. The van der Waals surface area contributed by atoms with Gasteiger partial charge in [-0.25, -0.2) is 19.1 Å². The first-order chi connectivity index (χ1) is 20.7. The first-order valence-electron chi connectivity index (χ1n) is 12.9. The van der Waals surface area contributed by atoms with Gasteiger partial charge < -0.3 is 14.9 Å². The second kappa shape index (κ2) is 14.6. The molecule has 1 aliphatic heterocycles. The number of benzene rings is 1. The molecule has 0 radical (unpaired) electrons. The molecule has 2 N–H and O–H groups in total. The molecule has 4 aromatic rings. The van der Waals surface area contributed by atoms with Gasteiger partial charge >= 0.3 is 24.3 Å². The molecule has 0 bridgehead atoms. The zero-order valence-corrected chi connectivity index (χ0v) is 23.1. The van der Waals surface area contributed by atoms with E-state index >= 15 is 0 Å². The molecule has 0 saturated carbocycles. The summed E-state index contributed by atoms with van der Waals surface area (Å²) in [5, 5.41) is 19.1. The molecule has 3 aromatic heterocycles. The number of alkyl halides is 6. The SMILES string of the molecule is COc1cccc(-c2ccc3nc(C4CCCN(Cc5ccccn5)C4)nn3c2)c1.O=C(O)C(F)(F)F.O=C(O)C(F)(F)F. The monoisotopic (exact) mass is 627 g/mol. The highest BCUT2D eigenvalue weighted by molar-refractivity contribution is 5.73. The number of hydrogen-bond donors (Lipinski definition) is 2. The number of methoxy groups -OCH3 is 1. The second-order valence-corrected chi connectivity index (χ2v) is 9.42. The Bertz CT molecular complexity index is 1520. The normalized spacial score (nSPS) is 15.4. The minimum absolute atomic E-state index is 0.350. The molecule has 1 fully saturated rings. The lowest BCUT2D eigenvalue weighted by atomic mass is 9.97. The molecule has 16 heteroatoms. The summed E-state index contributed by atoms with van der Waals surface area (Å²) in [6.45, 7) is 2.95. The minimum Gasteiger partial charge on any atom is -0.497 e. The molecule has 10 nitrogen and oxygen atoms in total. The van der Waals surface area contributed by atoms with Crippen molar-refractivity contribution in [1.29, 1.82) is 0 Å². The molecule has 1 aliphatic rings. The minimum atomic E-state index is -5.08. The van der Waals surface area contributed by atoms with Crippen LogP contribution in [0.4, 0.5) is 26.3 Å². The highest BCUT2D eigenvalue weighted by Crippen LogP contribution is 2.28. The fourth-order valence-electron chi connectivity index (χ4n) is 4.18. The van der Waals surface area contributed by atoms with Crippen LogP contribution in [0.25, 0.3) is 16.8 Å². The number of rotatable bonds is 5. The smallest absolute Gasteiger partial charge is 0.490 e. The number of carboxylic acids is 2. The standard InChI is InChI=1S/C24H25N5O.2C2HF3O2/c1-30-22-9-4-6-18(14-22)19-10-11-23-26-24(27-29(23)16-19)20-7-5-13-28(15-20)17-21-8-2-3-12-25-21;2*3-2(4,5)1(6)7/h2-4,6,8-12,14,16,20H,5,7,13,15,17H2,1H3;2*(H,6,7). The van der Waals surface area contributed by atoms with Gasteiger partial charge in [0.15, 0.2) is 11.5 Å². The lowest BCUT2D eigenvalue weighted by Gasteiger charge is -2.31. The number of aromatic nitrogens is 4. The molecule has 0 aliphatic carbocycles. The van der Waals surface area contributed by atoms with Gasteiger partial charge in [0.25, 0.3) is 0 Å². The molecule has 236 valence electrons. The highest BCUT2D eigenvalue weighted by Gasteiger charge is 2.38. The van der Waals surface area contributed by atoms with Crippen LogP contribution in [0.5, 0.6) is 5.75 Å². The van der Waals surface area contributed by atoms with Gasteiger partial charge in [-0.1, -0.05) is 18.2 Å². The number of hydrogen-bond acceptors (Lipinski definition) is 7. The van der Waals surface area contributed by atoms with Crippen LogP contribution in [-0.4, -0.2) is 79.2 Å². The van der Waals surface area contributed by atoms with Crippen molar-refractivity contribution in [2.45, 2.75) is 37.7 Å². The lowest BCUT2D eigenvalue weighted by Crippen LogP contribution is -2.34. The van der Waals surface area contributed by atoms with Crippen molar-refractivity contribution in [3.05, 3.63) is 78.5 Å². The van der Waals surface area contributed by atoms with E-state index in [9.17, 15) is 26.3 Å². The van der Waals surface area contributed by atoms with E-state index in [1.165, 1.54) is 0 Å². The molecular weight excluding hydrogens is 600 g/mol. The summed E-state index contributed by atoms with van der Waals surface area (Å²) < 4.78 is 70.7. The number of carbonyl (C=O) groups is 2. The molecule has 0 spiro atoms. The fourth-order valence-corrected chi connectivity index (χ4v) is 4.18. The molecule has 44 heavy (non-hydrogen) atoms. The van der Waals surface area contributed by atoms with Gasteiger partial charge in [-0.3, -0.25) is 9.88 Å². The van der Waals surface area contributed by atoms with E-state index in [1.807, 2.05) is 47.1 Å². The number of carboxylic acid groups (broad SMARTS) is 2. The van der Waals surface area contributed by atoms with Gasteiger partial charge in [-0.05, 0) is 61.3 Å². The van der Waals surface area contributed by atoms with Crippen molar-refractivity contribution in [2.75, 3.05) is 20.2 Å². The Kier molecular flexibility index (Phi) is 11.2. The summed E-state index contributed by atoms with van der Waals surface area (Å²) in [6, 6.07) is 18.3. The average Bonchev–Trinajstić information content (AvgIpc) is 3.41. The van der Waals surface area contributed by atoms with E-state index in [2.05, 4.69) is 34.3 Å². The first kappa shape index (κ1) is 33.8. The Morgan fingerprint density at radius 2 is 1.64 bits per heavy atom. The van der Waals surface area contributed by atoms with Crippen molar-refractivity contribution < 1.29 is 50.9 Å². The molecule has 1 atom stereocenters. The van der Waals surface area contributed by atoms with Crippen LogP contribution in [-0.2, 0) is 16.1 Å². The predicted molar refractivity (Wildman–Crippen MR) is 144 cm³/mol. The summed E-state index contributed by atoms with van der Waals surface area (Å²) >= 11 is 0. The third-order valence-electron chi connectivity index (χ3n) is 6.22. The summed E-state index contributed by atoms with van der Waals surface area (Å²) in [6.07, 6.45) is -3.98. The Labute approximate surface area is 246 Å². The Morgan fingerprint density at radius 1 is 0.955 bits per heavy atom. The predicted octanol–water partition coefficient (Wildman–Crippen LogP) is 5.45. The van der Waals surface area contributed by atoms with Crippen molar-refractivity contribution in [2.24, 2.45) is 0 Å². The largest absolute Gasteiger partial charge is 0.497 e. The summed E-state index contributed by atoms with van der Waals surface area (Å²) in [7, 11) is 1.69. The summed E-state index contributed by atoms with van der Waals surface area (Å²) in [5.41, 5.74) is 4.20. The van der Waals surface area contributed by atoms with Crippen LogP contribution < -0.4 is 4.74 Å². The number of pyridine rings is 2. The molecule has 4 heterocycles. The quantitative estimate of drug-likeness (QED) is 0.278. The molecular formula is C28H27F6N5O5. The van der Waals surface area contributed by atoms with E-state index in [4.69, 9.17) is 34.6 Å². The van der Waals surface area contributed by atoms with E-state index in [1.54, 1.807) is 7.11 Å². The van der Waals surface area contributed by atoms with Crippen LogP contribution in [0.3, 0.4) is 0 Å². The van der Waals surface area contributed by atoms with Crippen LogP contribution in [0.2, 0.25) is 0 Å². The van der Waals surface area contributed by atoms with Crippen LogP contribution in [0.1, 0.15) is 30.3 Å². The fraction of sp³-hybridized carbons (Fsp3) is 0.321. The van der Waals surface area contributed by atoms with Gasteiger partial charge in [-0.15, -0.1) is 0 Å². The van der Waals surface area contributed by atoms with E-state index in [-0.39, 0.29) is 0 Å². The van der Waals surface area contributed by atoms with Gasteiger partial charge in [0.2, 0.25) is 0 Å². The van der Waals surface area contributed by atoms with Crippen LogP contribution in [0, 0.1) is 0 Å². The van der Waals surface area contributed by atoms with Gasteiger partial charge in [0, 0.05) is 37.0 Å².